The molecular weight excluding hydrogens is 196 g/mol. The van der Waals surface area contributed by atoms with Crippen LogP contribution in [0.4, 0.5) is 0 Å². The van der Waals surface area contributed by atoms with Crippen LogP contribution in [0, 0.1) is 5.41 Å². The monoisotopic (exact) mass is 228 g/mol. The zero-order chi connectivity index (χ0) is 11.9. The fourth-order valence-electron chi connectivity index (χ4n) is 3.36. The molecule has 0 saturated carbocycles. The molecule has 0 aliphatic rings. The molecule has 0 bridgehead atoms. The van der Waals surface area contributed by atoms with E-state index in [1.54, 1.807) is 18.1 Å². The Bertz CT molecular complexity index is 138. The van der Waals surface area contributed by atoms with Crippen molar-refractivity contribution in [3.8, 4) is 0 Å². The summed E-state index contributed by atoms with van der Waals surface area (Å²) in [6.45, 7) is 14.4. The van der Waals surface area contributed by atoms with E-state index in [1.807, 2.05) is 0 Å². The second-order valence-corrected chi connectivity index (χ2v) is 11.3. The van der Waals surface area contributed by atoms with Crippen LogP contribution in [0.1, 0.15) is 60.8 Å². The van der Waals surface area contributed by atoms with E-state index in [9.17, 15) is 0 Å². The zero-order valence-electron chi connectivity index (χ0n) is 11.9. The molecule has 92 valence electrons. The summed E-state index contributed by atoms with van der Waals surface area (Å²) in [4.78, 5) is 0. The molecule has 0 radical (unpaired) electrons. The second kappa shape index (κ2) is 6.73. The predicted octanol–water partition coefficient (Wildman–Crippen LogP) is 5.71. The zero-order valence-corrected chi connectivity index (χ0v) is 12.9. The van der Waals surface area contributed by atoms with Gasteiger partial charge in [0, 0.05) is 0 Å². The molecule has 0 saturated heterocycles. The van der Waals surface area contributed by atoms with Gasteiger partial charge in [0.2, 0.25) is 0 Å². The molecule has 0 heterocycles. The molecule has 0 unspecified atom stereocenters. The molecule has 0 nitrogen and oxygen atoms in total. The quantitative estimate of drug-likeness (QED) is 0.490. The molecule has 0 spiro atoms. The van der Waals surface area contributed by atoms with Crippen molar-refractivity contribution in [2.75, 3.05) is 0 Å². The van der Waals surface area contributed by atoms with Crippen molar-refractivity contribution >= 4 is 8.07 Å². The topological polar surface area (TPSA) is 0 Å². The predicted molar refractivity (Wildman–Crippen MR) is 75.3 cm³/mol. The van der Waals surface area contributed by atoms with Crippen LogP contribution in [-0.2, 0) is 0 Å². The van der Waals surface area contributed by atoms with Gasteiger partial charge < -0.3 is 0 Å². The van der Waals surface area contributed by atoms with Gasteiger partial charge in [-0.3, -0.25) is 0 Å². The summed E-state index contributed by atoms with van der Waals surface area (Å²) in [5.74, 6) is 0. The van der Waals surface area contributed by atoms with Crippen LogP contribution >= 0.6 is 0 Å². The van der Waals surface area contributed by atoms with Gasteiger partial charge >= 0.3 is 0 Å². The van der Waals surface area contributed by atoms with Crippen molar-refractivity contribution in [2.45, 2.75) is 85.0 Å². The largest absolute Gasteiger partial charge is 0.0657 e. The lowest BCUT2D eigenvalue weighted by molar-refractivity contribution is 0.456. The van der Waals surface area contributed by atoms with Crippen molar-refractivity contribution in [1.29, 1.82) is 0 Å². The smallest absolute Gasteiger partial charge is 0.0540 e. The molecular formula is C14H32Si. The molecule has 0 rings (SSSR count). The minimum atomic E-state index is -0.931. The highest BCUT2D eigenvalue weighted by Crippen LogP contribution is 2.37. The standard InChI is InChI=1S/C14H32Si/c1-7-10-15(11-8-2,12-9-3)13-14(4,5)6/h7-13H2,1-6H3. The highest BCUT2D eigenvalue weighted by Gasteiger charge is 2.34. The van der Waals surface area contributed by atoms with E-state index in [0.717, 1.165) is 0 Å². The first kappa shape index (κ1) is 15.2. The van der Waals surface area contributed by atoms with Crippen LogP contribution in [0.3, 0.4) is 0 Å². The van der Waals surface area contributed by atoms with E-state index in [2.05, 4.69) is 41.5 Å². The van der Waals surface area contributed by atoms with E-state index in [4.69, 9.17) is 0 Å². The first-order valence-corrected chi connectivity index (χ1v) is 9.72. The van der Waals surface area contributed by atoms with Gasteiger partial charge in [0.05, 0.1) is 8.07 Å². The van der Waals surface area contributed by atoms with Crippen molar-refractivity contribution < 1.29 is 0 Å². The van der Waals surface area contributed by atoms with Gasteiger partial charge in [0.15, 0.2) is 0 Å². The second-order valence-electron chi connectivity index (χ2n) is 6.49. The maximum absolute atomic E-state index is 2.43. The third-order valence-electron chi connectivity index (χ3n) is 3.25. The van der Waals surface area contributed by atoms with E-state index in [1.165, 1.54) is 25.3 Å². The Balaban J connectivity index is 4.60. The molecule has 0 aliphatic carbocycles. The first-order chi connectivity index (χ1) is 6.89. The van der Waals surface area contributed by atoms with Crippen LogP contribution < -0.4 is 0 Å². The highest BCUT2D eigenvalue weighted by molar-refractivity contribution is 6.80. The summed E-state index contributed by atoms with van der Waals surface area (Å²) in [6.07, 6.45) is 4.22. The van der Waals surface area contributed by atoms with E-state index in [-0.39, 0.29) is 0 Å². The van der Waals surface area contributed by atoms with Crippen LogP contribution in [-0.4, -0.2) is 8.07 Å². The summed E-state index contributed by atoms with van der Waals surface area (Å²) in [5, 5.41) is 0. The van der Waals surface area contributed by atoms with Gasteiger partial charge in [0.25, 0.3) is 0 Å². The van der Waals surface area contributed by atoms with Crippen molar-refractivity contribution in [2.24, 2.45) is 5.41 Å². The van der Waals surface area contributed by atoms with Gasteiger partial charge in [-0.1, -0.05) is 85.0 Å². The highest BCUT2D eigenvalue weighted by atomic mass is 28.3. The van der Waals surface area contributed by atoms with Crippen molar-refractivity contribution in [3.63, 3.8) is 0 Å². The van der Waals surface area contributed by atoms with E-state index >= 15 is 0 Å². The molecule has 0 atom stereocenters. The Morgan fingerprint density at radius 3 is 1.27 bits per heavy atom. The molecule has 0 fully saturated rings. The van der Waals surface area contributed by atoms with Crippen LogP contribution in [0.15, 0.2) is 0 Å². The fraction of sp³-hybridized carbons (Fsp3) is 1.00. The Hall–Kier alpha value is 0.217. The molecule has 0 aromatic carbocycles. The molecule has 0 aliphatic heterocycles. The summed E-state index contributed by atoms with van der Waals surface area (Å²) in [5.41, 5.74) is 0.547. The number of hydrogen-bond donors (Lipinski definition) is 0. The van der Waals surface area contributed by atoms with Gasteiger partial charge in [-0.05, 0) is 5.41 Å². The fourth-order valence-corrected chi connectivity index (χ4v) is 10.1. The normalized spacial score (nSPS) is 13.2. The molecule has 0 aromatic rings. The summed E-state index contributed by atoms with van der Waals surface area (Å²) in [6, 6.07) is 6.22. The van der Waals surface area contributed by atoms with Crippen molar-refractivity contribution in [3.05, 3.63) is 0 Å². The summed E-state index contributed by atoms with van der Waals surface area (Å²) in [7, 11) is -0.931. The molecule has 0 N–H and O–H groups in total. The molecule has 15 heavy (non-hydrogen) atoms. The Morgan fingerprint density at radius 2 is 1.07 bits per heavy atom. The SMILES string of the molecule is CCC[Si](CCC)(CCC)CC(C)(C)C. The Morgan fingerprint density at radius 1 is 0.733 bits per heavy atom. The first-order valence-electron chi connectivity index (χ1n) is 6.89. The third kappa shape index (κ3) is 6.39. The lowest BCUT2D eigenvalue weighted by Gasteiger charge is -2.37. The van der Waals surface area contributed by atoms with Crippen LogP contribution in [0.5, 0.6) is 0 Å². The third-order valence-corrected chi connectivity index (χ3v) is 9.74. The summed E-state index contributed by atoms with van der Waals surface area (Å²) < 4.78 is 0. The minimum Gasteiger partial charge on any atom is -0.0657 e. The van der Waals surface area contributed by atoms with Crippen LogP contribution in [0.25, 0.3) is 0 Å². The Labute approximate surface area is 98.9 Å². The average molecular weight is 228 g/mol. The molecule has 1 heteroatoms. The average Bonchev–Trinajstić information content (AvgIpc) is 2.01. The van der Waals surface area contributed by atoms with Gasteiger partial charge in [-0.2, -0.15) is 0 Å². The summed E-state index contributed by atoms with van der Waals surface area (Å²) >= 11 is 0. The van der Waals surface area contributed by atoms with Gasteiger partial charge in [0.1, 0.15) is 0 Å². The number of rotatable bonds is 7. The Kier molecular flexibility index (Phi) is 6.82. The van der Waals surface area contributed by atoms with Crippen molar-refractivity contribution in [1.82, 2.24) is 0 Å². The lowest BCUT2D eigenvalue weighted by Crippen LogP contribution is -2.37. The molecule has 0 amide bonds. The van der Waals surface area contributed by atoms with E-state index in [0.29, 0.717) is 5.41 Å². The minimum absolute atomic E-state index is 0.547. The van der Waals surface area contributed by atoms with Gasteiger partial charge in [-0.15, -0.1) is 0 Å². The maximum Gasteiger partial charge on any atom is 0.0540 e. The van der Waals surface area contributed by atoms with Crippen LogP contribution in [0.2, 0.25) is 24.2 Å². The number of hydrogen-bond acceptors (Lipinski definition) is 0. The van der Waals surface area contributed by atoms with Gasteiger partial charge in [-0.25, -0.2) is 0 Å². The lowest BCUT2D eigenvalue weighted by atomic mass is 10.0. The maximum atomic E-state index is 2.43. The molecule has 0 aromatic heterocycles. The van der Waals surface area contributed by atoms with E-state index < -0.39 is 8.07 Å².